The van der Waals surface area contributed by atoms with Gasteiger partial charge >= 0.3 is 0 Å². The van der Waals surface area contributed by atoms with Crippen LogP contribution in [0.5, 0.6) is 0 Å². The van der Waals surface area contributed by atoms with E-state index in [0.717, 1.165) is 4.68 Å². The quantitative estimate of drug-likeness (QED) is 0.823. The van der Waals surface area contributed by atoms with Crippen molar-refractivity contribution in [3.63, 3.8) is 0 Å². The normalized spacial score (nSPS) is 11.2. The highest BCUT2D eigenvalue weighted by molar-refractivity contribution is 6.33. The van der Waals surface area contributed by atoms with Gasteiger partial charge in [0.15, 0.2) is 0 Å². The van der Waals surface area contributed by atoms with Gasteiger partial charge in [0.1, 0.15) is 16.4 Å². The smallest absolute Gasteiger partial charge is 0.283 e. The lowest BCUT2D eigenvalue weighted by Gasteiger charge is -2.11. The molecule has 0 aliphatic rings. The number of halogens is 3. The molecule has 1 heterocycles. The maximum atomic E-state index is 12.6. The molecule has 1 amide bonds. The van der Waals surface area contributed by atoms with Crippen molar-refractivity contribution < 1.29 is 13.6 Å². The number of carbonyl (C=O) groups is 1. The SMILES string of the molecule is CN(C)NC(=O)c1c(C(F)F)nn(C)c1Cl. The van der Waals surface area contributed by atoms with Gasteiger partial charge in [0.2, 0.25) is 0 Å². The Kier molecular flexibility index (Phi) is 3.82. The van der Waals surface area contributed by atoms with Crippen LogP contribution >= 0.6 is 11.6 Å². The largest absolute Gasteiger partial charge is 0.285 e. The van der Waals surface area contributed by atoms with Crippen LogP contribution in [-0.4, -0.2) is 34.8 Å². The van der Waals surface area contributed by atoms with Crippen LogP contribution in [0.2, 0.25) is 5.15 Å². The first kappa shape index (κ1) is 12.9. The van der Waals surface area contributed by atoms with Crippen molar-refractivity contribution in [2.45, 2.75) is 6.43 Å². The van der Waals surface area contributed by atoms with Crippen LogP contribution in [-0.2, 0) is 7.05 Å². The van der Waals surface area contributed by atoms with Gasteiger partial charge < -0.3 is 0 Å². The molecule has 1 aromatic rings. The number of carbonyl (C=O) groups excluding carboxylic acids is 1. The second-order valence-electron chi connectivity index (χ2n) is 3.31. The Morgan fingerprint density at radius 2 is 2.12 bits per heavy atom. The molecule has 90 valence electrons. The first-order valence-corrected chi connectivity index (χ1v) is 4.71. The first-order chi connectivity index (χ1) is 7.34. The molecule has 0 saturated heterocycles. The lowest BCUT2D eigenvalue weighted by atomic mass is 10.2. The van der Waals surface area contributed by atoms with Crippen molar-refractivity contribution in [1.82, 2.24) is 20.2 Å². The highest BCUT2D eigenvalue weighted by Crippen LogP contribution is 2.27. The summed E-state index contributed by atoms with van der Waals surface area (Å²) in [6.07, 6.45) is -2.85. The zero-order chi connectivity index (χ0) is 12.5. The van der Waals surface area contributed by atoms with Crippen molar-refractivity contribution in [3.05, 3.63) is 16.4 Å². The summed E-state index contributed by atoms with van der Waals surface area (Å²) in [4.78, 5) is 11.6. The van der Waals surface area contributed by atoms with Crippen LogP contribution in [0.25, 0.3) is 0 Å². The number of hydrazine groups is 1. The molecule has 1 N–H and O–H groups in total. The van der Waals surface area contributed by atoms with Crippen molar-refractivity contribution >= 4 is 17.5 Å². The highest BCUT2D eigenvalue weighted by atomic mass is 35.5. The molecular weight excluding hydrogens is 242 g/mol. The summed E-state index contributed by atoms with van der Waals surface area (Å²) < 4.78 is 26.2. The number of hydrogen-bond donors (Lipinski definition) is 1. The maximum absolute atomic E-state index is 12.6. The average Bonchev–Trinajstić information content (AvgIpc) is 2.42. The highest BCUT2D eigenvalue weighted by Gasteiger charge is 2.27. The summed E-state index contributed by atoms with van der Waals surface area (Å²) >= 11 is 5.72. The standard InChI is InChI=1S/C8H11ClF2N4O/c1-14(2)13-8(16)4-5(7(10)11)12-15(3)6(4)9/h7H,1-3H3,(H,13,16). The van der Waals surface area contributed by atoms with Gasteiger partial charge in [0.05, 0.1) is 0 Å². The lowest BCUT2D eigenvalue weighted by Crippen LogP contribution is -2.36. The molecule has 1 rings (SSSR count). The number of alkyl halides is 2. The van der Waals surface area contributed by atoms with Gasteiger partial charge in [0.25, 0.3) is 12.3 Å². The van der Waals surface area contributed by atoms with Gasteiger partial charge in [-0.3, -0.25) is 14.9 Å². The second kappa shape index (κ2) is 4.75. The Bertz CT molecular complexity index is 405. The second-order valence-corrected chi connectivity index (χ2v) is 3.67. The number of nitrogens with one attached hydrogen (secondary N) is 1. The zero-order valence-corrected chi connectivity index (χ0v) is 9.72. The van der Waals surface area contributed by atoms with Crippen LogP contribution in [0.1, 0.15) is 22.5 Å². The van der Waals surface area contributed by atoms with E-state index in [9.17, 15) is 13.6 Å². The van der Waals surface area contributed by atoms with E-state index in [1.807, 2.05) is 0 Å². The fraction of sp³-hybridized carbons (Fsp3) is 0.500. The summed E-state index contributed by atoms with van der Waals surface area (Å²) in [5, 5.41) is 4.71. The van der Waals surface area contributed by atoms with E-state index in [1.54, 1.807) is 14.1 Å². The average molecular weight is 253 g/mol. The molecule has 0 bridgehead atoms. The molecule has 0 radical (unpaired) electrons. The Balaban J connectivity index is 3.15. The van der Waals surface area contributed by atoms with Crippen LogP contribution in [0.3, 0.4) is 0 Å². The summed E-state index contributed by atoms with van der Waals surface area (Å²) in [5.74, 6) is -0.710. The third-order valence-corrected chi connectivity index (χ3v) is 2.20. The minimum absolute atomic E-state index is 0.116. The third-order valence-electron chi connectivity index (χ3n) is 1.76. The van der Waals surface area contributed by atoms with E-state index in [2.05, 4.69) is 10.5 Å². The maximum Gasteiger partial charge on any atom is 0.283 e. The van der Waals surface area contributed by atoms with Crippen molar-refractivity contribution in [2.24, 2.45) is 7.05 Å². The first-order valence-electron chi connectivity index (χ1n) is 4.33. The van der Waals surface area contributed by atoms with Crippen molar-refractivity contribution in [2.75, 3.05) is 14.1 Å². The van der Waals surface area contributed by atoms with E-state index >= 15 is 0 Å². The van der Waals surface area contributed by atoms with E-state index in [-0.39, 0.29) is 10.7 Å². The van der Waals surface area contributed by atoms with Gasteiger partial charge in [-0.2, -0.15) is 5.10 Å². The number of aryl methyl sites for hydroxylation is 1. The van der Waals surface area contributed by atoms with Gasteiger partial charge in [-0.15, -0.1) is 0 Å². The molecule has 0 aromatic carbocycles. The van der Waals surface area contributed by atoms with Crippen molar-refractivity contribution in [1.29, 1.82) is 0 Å². The predicted molar refractivity (Wildman–Crippen MR) is 54.3 cm³/mol. The molecule has 0 aliphatic heterocycles. The Morgan fingerprint density at radius 1 is 1.56 bits per heavy atom. The molecule has 0 spiro atoms. The van der Waals surface area contributed by atoms with Gasteiger partial charge in [-0.05, 0) is 0 Å². The predicted octanol–water partition coefficient (Wildman–Crippen LogP) is 1.22. The van der Waals surface area contributed by atoms with E-state index in [0.29, 0.717) is 0 Å². The monoisotopic (exact) mass is 252 g/mol. The molecule has 5 nitrogen and oxygen atoms in total. The van der Waals surface area contributed by atoms with E-state index in [1.165, 1.54) is 12.1 Å². The van der Waals surface area contributed by atoms with Crippen LogP contribution in [0, 0.1) is 0 Å². The topological polar surface area (TPSA) is 50.2 Å². The minimum Gasteiger partial charge on any atom is -0.285 e. The fourth-order valence-electron chi connectivity index (χ4n) is 1.14. The number of nitrogens with zero attached hydrogens (tertiary/aromatic N) is 3. The molecule has 8 heteroatoms. The minimum atomic E-state index is -2.85. The molecule has 0 fully saturated rings. The van der Waals surface area contributed by atoms with Gasteiger partial charge in [0, 0.05) is 21.1 Å². The van der Waals surface area contributed by atoms with Crippen LogP contribution < -0.4 is 5.43 Å². The summed E-state index contributed by atoms with van der Waals surface area (Å²) in [6, 6.07) is 0. The fourth-order valence-corrected chi connectivity index (χ4v) is 1.37. The molecule has 1 aromatic heterocycles. The van der Waals surface area contributed by atoms with Crippen LogP contribution in [0.4, 0.5) is 8.78 Å². The van der Waals surface area contributed by atoms with Crippen molar-refractivity contribution in [3.8, 4) is 0 Å². The molecule has 0 saturated carbocycles. The zero-order valence-electron chi connectivity index (χ0n) is 8.96. The van der Waals surface area contributed by atoms with Gasteiger partial charge in [-0.25, -0.2) is 13.8 Å². The van der Waals surface area contributed by atoms with E-state index < -0.39 is 18.0 Å². The van der Waals surface area contributed by atoms with Crippen LogP contribution in [0.15, 0.2) is 0 Å². The Morgan fingerprint density at radius 3 is 2.56 bits per heavy atom. The number of amides is 1. The molecule has 16 heavy (non-hydrogen) atoms. The Labute approximate surface area is 95.9 Å². The molecular formula is C8H11ClF2N4O. The lowest BCUT2D eigenvalue weighted by molar-refractivity contribution is 0.0843. The molecule has 0 unspecified atom stereocenters. The Hall–Kier alpha value is -1.21. The number of rotatable bonds is 3. The summed E-state index contributed by atoms with van der Waals surface area (Å²) in [7, 11) is 4.51. The van der Waals surface area contributed by atoms with E-state index in [4.69, 9.17) is 11.6 Å². The molecule has 0 aliphatic carbocycles. The third kappa shape index (κ3) is 2.48. The summed E-state index contributed by atoms with van der Waals surface area (Å²) in [6.45, 7) is 0. The van der Waals surface area contributed by atoms with Gasteiger partial charge in [-0.1, -0.05) is 11.6 Å². The number of hydrogen-bond acceptors (Lipinski definition) is 3. The molecule has 0 atom stereocenters. The summed E-state index contributed by atoms with van der Waals surface area (Å²) in [5.41, 5.74) is 1.41. The number of aromatic nitrogens is 2.